The highest BCUT2D eigenvalue weighted by molar-refractivity contribution is 6.12. The summed E-state index contributed by atoms with van der Waals surface area (Å²) in [5, 5.41) is 11.5. The third-order valence-electron chi connectivity index (χ3n) is 4.44. The van der Waals surface area contributed by atoms with Gasteiger partial charge >= 0.3 is 0 Å². The average molecular weight is 376 g/mol. The number of ether oxygens (including phenoxy) is 2. The molecule has 1 aliphatic heterocycles. The van der Waals surface area contributed by atoms with Gasteiger partial charge < -0.3 is 15.2 Å². The molecule has 27 heavy (non-hydrogen) atoms. The van der Waals surface area contributed by atoms with E-state index >= 15 is 0 Å². The molecule has 1 fully saturated rings. The quantitative estimate of drug-likeness (QED) is 0.355. The van der Waals surface area contributed by atoms with Crippen molar-refractivity contribution in [3.05, 3.63) is 59.2 Å². The molecule has 1 saturated heterocycles. The smallest absolute Gasteiger partial charge is 0.123 e. The molecular formula is C20H29FN4O2. The molecule has 0 bridgehead atoms. The Balaban J connectivity index is 0.00000210. The van der Waals surface area contributed by atoms with Crippen LogP contribution in [0, 0.1) is 11.2 Å². The standard InChI is InChI=1S/C20H25FN4O2.2H2/c21-15-4-1-3-14(11-15)19(23)20-18(22)7-6-16(25-20)8-10-26-13-24-12-17-5-2-9-27-17;;/h1,3-4,6-7,11,17,23-24H,2,5,8-10,12-13,22H2;2*1H. The van der Waals surface area contributed by atoms with Crippen LogP contribution in [-0.2, 0) is 15.9 Å². The number of rotatable bonds is 9. The second kappa shape index (κ2) is 9.55. The van der Waals surface area contributed by atoms with E-state index in [1.165, 1.54) is 12.1 Å². The first-order chi connectivity index (χ1) is 13.1. The molecule has 0 saturated carbocycles. The van der Waals surface area contributed by atoms with Crippen molar-refractivity contribution in [1.82, 2.24) is 10.3 Å². The monoisotopic (exact) mass is 376 g/mol. The van der Waals surface area contributed by atoms with Crippen LogP contribution in [0.1, 0.15) is 32.6 Å². The van der Waals surface area contributed by atoms with Gasteiger partial charge in [-0.1, -0.05) is 12.1 Å². The van der Waals surface area contributed by atoms with E-state index in [2.05, 4.69) is 10.3 Å². The first kappa shape index (κ1) is 19.4. The predicted molar refractivity (Wildman–Crippen MR) is 107 cm³/mol. The SMILES string of the molecule is N=C(c1cccc(F)c1)c1nc(CCOCNCC2CCCO2)ccc1N.[HH].[HH]. The van der Waals surface area contributed by atoms with Crippen LogP contribution in [0.15, 0.2) is 36.4 Å². The van der Waals surface area contributed by atoms with Gasteiger partial charge in [-0.15, -0.1) is 0 Å². The van der Waals surface area contributed by atoms with Crippen LogP contribution < -0.4 is 11.1 Å². The second-order valence-electron chi connectivity index (χ2n) is 6.52. The van der Waals surface area contributed by atoms with Gasteiger partial charge in [0.1, 0.15) is 11.5 Å². The number of halogens is 1. The lowest BCUT2D eigenvalue weighted by molar-refractivity contribution is 0.0803. The number of nitrogens with two attached hydrogens (primary N) is 1. The van der Waals surface area contributed by atoms with Crippen molar-refractivity contribution in [2.75, 3.05) is 32.2 Å². The lowest BCUT2D eigenvalue weighted by Crippen LogP contribution is -2.28. The minimum Gasteiger partial charge on any atom is -0.397 e. The van der Waals surface area contributed by atoms with Gasteiger partial charge in [0.25, 0.3) is 0 Å². The van der Waals surface area contributed by atoms with Crippen LogP contribution >= 0.6 is 0 Å². The molecule has 6 nitrogen and oxygen atoms in total. The Hall–Kier alpha value is -2.35. The van der Waals surface area contributed by atoms with Crippen LogP contribution in [0.25, 0.3) is 0 Å². The van der Waals surface area contributed by atoms with Crippen molar-refractivity contribution in [2.24, 2.45) is 0 Å². The molecule has 3 rings (SSSR count). The lowest BCUT2D eigenvalue weighted by atomic mass is 10.0. The zero-order chi connectivity index (χ0) is 19.1. The third-order valence-corrected chi connectivity index (χ3v) is 4.44. The maximum Gasteiger partial charge on any atom is 0.123 e. The molecule has 0 aliphatic carbocycles. The van der Waals surface area contributed by atoms with Crippen LogP contribution in [0.3, 0.4) is 0 Å². The average Bonchev–Trinajstić information content (AvgIpc) is 3.18. The van der Waals surface area contributed by atoms with Crippen LogP contribution in [0.5, 0.6) is 0 Å². The molecule has 1 aliphatic rings. The van der Waals surface area contributed by atoms with E-state index in [4.69, 9.17) is 20.6 Å². The van der Waals surface area contributed by atoms with Gasteiger partial charge in [-0.2, -0.15) is 0 Å². The Morgan fingerprint density at radius 3 is 3.07 bits per heavy atom. The fraction of sp³-hybridized carbons (Fsp3) is 0.400. The van der Waals surface area contributed by atoms with E-state index in [0.29, 0.717) is 42.8 Å². The first-order valence-corrected chi connectivity index (χ1v) is 9.14. The molecule has 2 aromatic rings. The Kier molecular flexibility index (Phi) is 6.86. The summed E-state index contributed by atoms with van der Waals surface area (Å²) in [6.07, 6.45) is 3.13. The maximum absolute atomic E-state index is 13.4. The Morgan fingerprint density at radius 1 is 1.41 bits per heavy atom. The second-order valence-corrected chi connectivity index (χ2v) is 6.52. The molecule has 148 valence electrons. The Bertz CT molecular complexity index is 789. The summed E-state index contributed by atoms with van der Waals surface area (Å²) in [5.74, 6) is -0.393. The summed E-state index contributed by atoms with van der Waals surface area (Å²) < 4.78 is 24.5. The number of hydrogen-bond acceptors (Lipinski definition) is 6. The number of nitrogen functional groups attached to an aromatic ring is 1. The number of aromatic nitrogens is 1. The van der Waals surface area contributed by atoms with Crippen LogP contribution in [-0.4, -0.2) is 43.3 Å². The highest BCUT2D eigenvalue weighted by atomic mass is 19.1. The summed E-state index contributed by atoms with van der Waals surface area (Å²) in [5.41, 5.74) is 8.05. The van der Waals surface area contributed by atoms with Crippen molar-refractivity contribution < 1.29 is 16.7 Å². The van der Waals surface area contributed by atoms with Crippen molar-refractivity contribution in [1.29, 1.82) is 5.41 Å². The Morgan fingerprint density at radius 2 is 2.30 bits per heavy atom. The van der Waals surface area contributed by atoms with Crippen molar-refractivity contribution in [3.8, 4) is 0 Å². The molecule has 0 radical (unpaired) electrons. The van der Waals surface area contributed by atoms with E-state index in [1.807, 2.05) is 6.07 Å². The van der Waals surface area contributed by atoms with Crippen molar-refractivity contribution in [3.63, 3.8) is 0 Å². The minimum atomic E-state index is -0.393. The molecule has 0 spiro atoms. The van der Waals surface area contributed by atoms with Crippen molar-refractivity contribution >= 4 is 11.4 Å². The summed E-state index contributed by atoms with van der Waals surface area (Å²) in [7, 11) is 0. The van der Waals surface area contributed by atoms with Gasteiger partial charge in [0.15, 0.2) is 0 Å². The highest BCUT2D eigenvalue weighted by Gasteiger charge is 2.14. The van der Waals surface area contributed by atoms with E-state index in [1.54, 1.807) is 18.2 Å². The normalized spacial score (nSPS) is 16.6. The van der Waals surface area contributed by atoms with Gasteiger partial charge in [-0.3, -0.25) is 10.7 Å². The lowest BCUT2D eigenvalue weighted by Gasteiger charge is -2.12. The molecular weight excluding hydrogens is 347 g/mol. The van der Waals surface area contributed by atoms with Gasteiger partial charge in [0, 0.05) is 33.7 Å². The van der Waals surface area contributed by atoms with Gasteiger partial charge in [-0.25, -0.2) is 9.37 Å². The number of hydrogen-bond donors (Lipinski definition) is 3. The number of pyridine rings is 1. The molecule has 2 heterocycles. The molecule has 1 aromatic carbocycles. The number of nitrogens with one attached hydrogen (secondary N) is 2. The predicted octanol–water partition coefficient (Wildman–Crippen LogP) is 3.00. The van der Waals surface area contributed by atoms with E-state index in [0.717, 1.165) is 31.7 Å². The first-order valence-electron chi connectivity index (χ1n) is 9.14. The van der Waals surface area contributed by atoms with Gasteiger partial charge in [0.2, 0.25) is 0 Å². The highest BCUT2D eigenvalue weighted by Crippen LogP contribution is 2.16. The zero-order valence-electron chi connectivity index (χ0n) is 15.2. The fourth-order valence-corrected chi connectivity index (χ4v) is 2.98. The fourth-order valence-electron chi connectivity index (χ4n) is 2.98. The van der Waals surface area contributed by atoms with Crippen molar-refractivity contribution in [2.45, 2.75) is 25.4 Å². The van der Waals surface area contributed by atoms with Gasteiger partial charge in [-0.05, 0) is 37.1 Å². The van der Waals surface area contributed by atoms with Gasteiger partial charge in [0.05, 0.1) is 30.8 Å². The number of anilines is 1. The van der Waals surface area contributed by atoms with Crippen LogP contribution in [0.2, 0.25) is 0 Å². The molecule has 1 aromatic heterocycles. The number of benzene rings is 1. The summed E-state index contributed by atoms with van der Waals surface area (Å²) in [6.45, 7) is 2.61. The Labute approximate surface area is 161 Å². The summed E-state index contributed by atoms with van der Waals surface area (Å²) in [6, 6.07) is 9.42. The number of nitrogens with zero attached hydrogens (tertiary/aromatic N) is 1. The summed E-state index contributed by atoms with van der Waals surface area (Å²) >= 11 is 0. The zero-order valence-corrected chi connectivity index (χ0v) is 15.2. The topological polar surface area (TPSA) is 93.2 Å². The molecule has 1 unspecified atom stereocenters. The summed E-state index contributed by atoms with van der Waals surface area (Å²) in [4.78, 5) is 4.47. The van der Waals surface area contributed by atoms with E-state index < -0.39 is 5.82 Å². The molecule has 4 N–H and O–H groups in total. The van der Waals surface area contributed by atoms with Crippen LogP contribution in [0.4, 0.5) is 10.1 Å². The third kappa shape index (κ3) is 5.56. The van der Waals surface area contributed by atoms with E-state index in [9.17, 15) is 4.39 Å². The molecule has 1 atom stereocenters. The van der Waals surface area contributed by atoms with E-state index in [-0.39, 0.29) is 8.56 Å². The molecule has 0 amide bonds. The maximum atomic E-state index is 13.4. The minimum absolute atomic E-state index is 0. The molecule has 7 heteroatoms. The largest absolute Gasteiger partial charge is 0.397 e.